The van der Waals surface area contributed by atoms with Crippen LogP contribution in [0.15, 0.2) is 84.9 Å². The summed E-state index contributed by atoms with van der Waals surface area (Å²) in [6, 6.07) is 20.9. The van der Waals surface area contributed by atoms with E-state index in [2.05, 4.69) is 9.80 Å². The van der Waals surface area contributed by atoms with Crippen LogP contribution in [0.1, 0.15) is 31.8 Å². The summed E-state index contributed by atoms with van der Waals surface area (Å²) in [6.07, 6.45) is -3.25. The molecule has 336 valence electrons. The number of nitrogens with one attached hydrogen (secondary N) is 1. The Morgan fingerprint density at radius 3 is 1.35 bits per heavy atom. The van der Waals surface area contributed by atoms with Crippen LogP contribution in [0.2, 0.25) is 10.0 Å². The molecular formula is C44H48Cl2F4N8O5. The maximum absolute atomic E-state index is 14.9. The molecule has 0 spiro atoms. The number of urea groups is 2. The minimum atomic E-state index is -3.25. The van der Waals surface area contributed by atoms with Crippen molar-refractivity contribution in [3.63, 3.8) is 0 Å². The fourth-order valence-electron chi connectivity index (χ4n) is 6.62. The highest BCUT2D eigenvalue weighted by Crippen LogP contribution is 2.26. The second kappa shape index (κ2) is 22.7. The number of nitrogens with two attached hydrogens (primary N) is 1. The smallest absolute Gasteiger partial charge is 0.324 e. The Bertz CT molecular complexity index is 2240. The predicted molar refractivity (Wildman–Crippen MR) is 234 cm³/mol. The third-order valence-electron chi connectivity index (χ3n) is 10.5. The number of hydrogen-bond acceptors (Lipinski definition) is 8. The quantitative estimate of drug-likeness (QED) is 0.123. The molecule has 3 N–H and O–H groups in total. The Morgan fingerprint density at radius 1 is 0.619 bits per heavy atom. The number of Topliss-reactive ketones (excluding diaryl/α,β-unsaturated/α-hetero) is 2. The number of piperazine rings is 2. The van der Waals surface area contributed by atoms with Crippen LogP contribution in [-0.2, 0) is 17.9 Å². The molecule has 2 aliphatic heterocycles. The summed E-state index contributed by atoms with van der Waals surface area (Å²) in [5.74, 6) is -3.92. The largest absolute Gasteiger partial charge is 0.344 e. The van der Waals surface area contributed by atoms with Crippen molar-refractivity contribution in [3.05, 3.63) is 129 Å². The van der Waals surface area contributed by atoms with Gasteiger partial charge in [-0.05, 0) is 74.8 Å². The summed E-state index contributed by atoms with van der Waals surface area (Å²) in [6.45, 7) is 4.33. The van der Waals surface area contributed by atoms with Crippen LogP contribution in [0.5, 0.6) is 0 Å². The number of carbonyl (C=O) groups excluding carboxylic acids is 5. The summed E-state index contributed by atoms with van der Waals surface area (Å²) in [4.78, 5) is 72.0. The number of nitrogens with zero attached hydrogens (tertiary/aromatic N) is 6. The van der Waals surface area contributed by atoms with Gasteiger partial charge in [-0.2, -0.15) is 8.78 Å². The zero-order chi connectivity index (χ0) is 45.8. The Labute approximate surface area is 372 Å². The van der Waals surface area contributed by atoms with E-state index >= 15 is 0 Å². The number of likely N-dealkylation sites (N-methyl/N-ethyl adjacent to an activating group) is 2. The van der Waals surface area contributed by atoms with Crippen LogP contribution < -0.4 is 20.9 Å². The van der Waals surface area contributed by atoms with E-state index in [1.54, 1.807) is 63.6 Å². The van der Waals surface area contributed by atoms with Gasteiger partial charge in [0, 0.05) is 96.0 Å². The van der Waals surface area contributed by atoms with Gasteiger partial charge in [0.25, 0.3) is 5.91 Å². The molecule has 4 aromatic carbocycles. The molecule has 5 amide bonds. The highest BCUT2D eigenvalue weighted by atomic mass is 35.5. The Hall–Kier alpha value is -5.59. The molecule has 2 heterocycles. The zero-order valence-corrected chi connectivity index (χ0v) is 36.2. The molecule has 2 saturated heterocycles. The molecule has 63 heavy (non-hydrogen) atoms. The monoisotopic (exact) mass is 914 g/mol. The van der Waals surface area contributed by atoms with Gasteiger partial charge in [0.05, 0.1) is 26.2 Å². The van der Waals surface area contributed by atoms with Crippen molar-refractivity contribution in [3.8, 4) is 0 Å². The lowest BCUT2D eigenvalue weighted by Gasteiger charge is -2.36. The Morgan fingerprint density at radius 2 is 1.00 bits per heavy atom. The molecule has 6 rings (SSSR count). The van der Waals surface area contributed by atoms with Gasteiger partial charge in [0.1, 0.15) is 11.6 Å². The summed E-state index contributed by atoms with van der Waals surface area (Å²) in [5.41, 5.74) is 7.11. The SMILES string of the molecule is CN1CCN(C(=O)N(Cc2ccc(C(=O)CN)cc2F)c2ccc(Cl)cc2)CC1.CN1CCN(C(=O)N(Cc2ccc(C(=O)CNC(=O)C(F)F)cc2F)c2ccc(Cl)cc2)CC1. The number of anilines is 2. The van der Waals surface area contributed by atoms with Crippen molar-refractivity contribution < 1.29 is 41.5 Å². The molecule has 0 saturated carbocycles. The molecule has 0 aliphatic carbocycles. The molecule has 0 bridgehead atoms. The first kappa shape index (κ1) is 48.4. The maximum Gasteiger partial charge on any atom is 0.324 e. The second-order valence-corrected chi connectivity index (χ2v) is 15.8. The average Bonchev–Trinajstić information content (AvgIpc) is 3.28. The van der Waals surface area contributed by atoms with Crippen LogP contribution in [0.3, 0.4) is 0 Å². The fourth-order valence-corrected chi connectivity index (χ4v) is 6.87. The van der Waals surface area contributed by atoms with Crippen molar-refractivity contribution >= 4 is 64.1 Å². The average molecular weight is 916 g/mol. The van der Waals surface area contributed by atoms with Gasteiger partial charge < -0.3 is 30.7 Å². The first-order valence-electron chi connectivity index (χ1n) is 19.9. The van der Waals surface area contributed by atoms with E-state index < -0.39 is 36.3 Å². The van der Waals surface area contributed by atoms with E-state index in [1.165, 1.54) is 40.1 Å². The molecule has 2 fully saturated rings. The van der Waals surface area contributed by atoms with E-state index in [4.69, 9.17) is 28.9 Å². The predicted octanol–water partition coefficient (Wildman–Crippen LogP) is 6.41. The highest BCUT2D eigenvalue weighted by molar-refractivity contribution is 6.31. The second-order valence-electron chi connectivity index (χ2n) is 15.0. The van der Waals surface area contributed by atoms with E-state index in [-0.39, 0.29) is 54.2 Å². The van der Waals surface area contributed by atoms with Gasteiger partial charge in [-0.25, -0.2) is 18.4 Å². The fraction of sp³-hybridized carbons (Fsp3) is 0.341. The molecule has 19 heteroatoms. The van der Waals surface area contributed by atoms with Crippen molar-refractivity contribution in [2.75, 3.05) is 89.3 Å². The first-order chi connectivity index (χ1) is 30.0. The summed E-state index contributed by atoms with van der Waals surface area (Å²) in [7, 11) is 3.98. The van der Waals surface area contributed by atoms with Crippen molar-refractivity contribution in [2.24, 2.45) is 5.73 Å². The van der Waals surface area contributed by atoms with E-state index in [9.17, 15) is 41.5 Å². The van der Waals surface area contributed by atoms with Crippen molar-refractivity contribution in [1.82, 2.24) is 24.9 Å². The van der Waals surface area contributed by atoms with Gasteiger partial charge in [0.15, 0.2) is 11.6 Å². The zero-order valence-electron chi connectivity index (χ0n) is 34.7. The van der Waals surface area contributed by atoms with Gasteiger partial charge in [-0.3, -0.25) is 24.2 Å². The molecule has 2 aliphatic rings. The van der Waals surface area contributed by atoms with Crippen molar-refractivity contribution in [1.29, 1.82) is 0 Å². The Balaban J connectivity index is 0.000000240. The Kier molecular flexibility index (Phi) is 17.4. The summed E-state index contributed by atoms with van der Waals surface area (Å²) in [5, 5.41) is 2.84. The highest BCUT2D eigenvalue weighted by Gasteiger charge is 2.28. The van der Waals surface area contributed by atoms with Gasteiger partial charge in [-0.1, -0.05) is 47.5 Å². The number of rotatable bonds is 12. The third-order valence-corrected chi connectivity index (χ3v) is 11.0. The van der Waals surface area contributed by atoms with Gasteiger partial charge in [0.2, 0.25) is 0 Å². The normalized spacial score (nSPS) is 14.4. The molecule has 0 aromatic heterocycles. The minimum absolute atomic E-state index is 0.0374. The van der Waals surface area contributed by atoms with Crippen LogP contribution in [-0.4, -0.2) is 135 Å². The number of amides is 5. The van der Waals surface area contributed by atoms with E-state index in [1.807, 2.05) is 14.1 Å². The van der Waals surface area contributed by atoms with Gasteiger partial charge in [-0.15, -0.1) is 0 Å². The summed E-state index contributed by atoms with van der Waals surface area (Å²) < 4.78 is 54.1. The molecule has 0 radical (unpaired) electrons. The van der Waals surface area contributed by atoms with Gasteiger partial charge >= 0.3 is 18.5 Å². The maximum atomic E-state index is 14.9. The number of carbonyl (C=O) groups is 5. The minimum Gasteiger partial charge on any atom is -0.344 e. The lowest BCUT2D eigenvalue weighted by Crippen LogP contribution is -2.52. The van der Waals surface area contributed by atoms with Crippen molar-refractivity contribution in [2.45, 2.75) is 19.5 Å². The lowest BCUT2D eigenvalue weighted by molar-refractivity contribution is -0.131. The third kappa shape index (κ3) is 13.5. The van der Waals surface area contributed by atoms with Crippen LogP contribution >= 0.6 is 23.2 Å². The summed E-state index contributed by atoms with van der Waals surface area (Å²) >= 11 is 12.0. The molecule has 4 aromatic rings. The van der Waals surface area contributed by atoms with Crippen LogP contribution in [0.4, 0.5) is 38.5 Å². The lowest BCUT2D eigenvalue weighted by atomic mass is 10.1. The number of hydrogen-bond donors (Lipinski definition) is 2. The molecular weight excluding hydrogens is 867 g/mol. The standard InChI is InChI=1S/C23H24ClF3N4O3.C21H24ClFN4O2/c1-29-8-10-30(11-9-29)23(34)31(18-6-4-17(24)5-7-18)14-16-3-2-15(12-19(16)25)20(32)13-28-22(33)21(26)27;1-25-8-10-26(11-9-25)21(29)27(18-6-4-17(22)5-7-18)14-16-3-2-15(12-19(16)23)20(28)13-24/h2-7,12,21H,8-11,13-14H2,1H3,(H,28,33);2-7,12H,8-11,13-14,24H2,1H3. The molecule has 0 atom stereocenters. The van der Waals surface area contributed by atoms with E-state index in [0.29, 0.717) is 66.3 Å². The number of halogens is 6. The number of benzene rings is 4. The first-order valence-corrected chi connectivity index (χ1v) is 20.7. The molecule has 13 nitrogen and oxygen atoms in total. The molecule has 0 unspecified atom stereocenters. The number of alkyl halides is 2. The van der Waals surface area contributed by atoms with E-state index in [0.717, 1.165) is 19.2 Å². The number of ketones is 2. The van der Waals surface area contributed by atoms with Crippen LogP contribution in [0, 0.1) is 11.6 Å². The van der Waals surface area contributed by atoms with Crippen LogP contribution in [0.25, 0.3) is 0 Å². The topological polar surface area (TPSA) is 143 Å².